The molecule has 1 aliphatic carbocycles. The van der Waals surface area contributed by atoms with Gasteiger partial charge in [0.1, 0.15) is 5.82 Å². The summed E-state index contributed by atoms with van der Waals surface area (Å²) in [4.78, 5) is 10.6. The number of nitrogens with zero attached hydrogens (tertiary/aromatic N) is 3. The molecular formula is C21H25F2N5. The number of pyridine rings is 1. The van der Waals surface area contributed by atoms with Crippen molar-refractivity contribution in [3.8, 4) is 0 Å². The minimum absolute atomic E-state index is 0.150. The molecule has 0 radical (unpaired) electrons. The minimum Gasteiger partial charge on any atom is -0.353 e. The Labute approximate surface area is 163 Å². The van der Waals surface area contributed by atoms with Crippen LogP contribution in [-0.2, 0) is 0 Å². The Kier molecular flexibility index (Phi) is 5.41. The molecule has 148 valence electrons. The number of anilines is 1. The first-order valence-electron chi connectivity index (χ1n) is 9.83. The lowest BCUT2D eigenvalue weighted by molar-refractivity contribution is 0.605. The number of guanidine groups is 1. The Morgan fingerprint density at radius 1 is 1.18 bits per heavy atom. The molecule has 5 nitrogen and oxygen atoms in total. The fourth-order valence-corrected chi connectivity index (χ4v) is 3.81. The van der Waals surface area contributed by atoms with Crippen molar-refractivity contribution in [3.05, 3.63) is 59.8 Å². The first-order chi connectivity index (χ1) is 13.7. The average Bonchev–Trinajstić information content (AvgIpc) is 3.28. The highest BCUT2D eigenvalue weighted by Gasteiger charge is 2.41. The van der Waals surface area contributed by atoms with E-state index in [1.165, 1.54) is 12.1 Å². The minimum atomic E-state index is -0.297. The van der Waals surface area contributed by atoms with Crippen molar-refractivity contribution in [3.63, 3.8) is 0 Å². The third kappa shape index (κ3) is 4.08. The molecule has 1 aliphatic heterocycles. The van der Waals surface area contributed by atoms with Crippen LogP contribution in [-0.4, -0.2) is 42.7 Å². The van der Waals surface area contributed by atoms with Crippen molar-refractivity contribution < 1.29 is 8.78 Å². The molecule has 2 aromatic rings. The van der Waals surface area contributed by atoms with E-state index in [4.69, 9.17) is 0 Å². The largest absolute Gasteiger partial charge is 0.353 e. The summed E-state index contributed by atoms with van der Waals surface area (Å²) in [5.74, 6) is 0.861. The third-order valence-electron chi connectivity index (χ3n) is 5.30. The molecule has 3 unspecified atom stereocenters. The lowest BCUT2D eigenvalue weighted by atomic mass is 10.1. The van der Waals surface area contributed by atoms with Crippen molar-refractivity contribution >= 4 is 11.8 Å². The Morgan fingerprint density at radius 2 is 2.00 bits per heavy atom. The molecule has 7 heteroatoms. The molecule has 1 aromatic heterocycles. The second-order valence-corrected chi connectivity index (χ2v) is 7.32. The van der Waals surface area contributed by atoms with Crippen LogP contribution in [0, 0.1) is 11.6 Å². The first-order valence-corrected chi connectivity index (χ1v) is 9.83. The van der Waals surface area contributed by atoms with Crippen LogP contribution < -0.4 is 15.5 Å². The highest BCUT2D eigenvalue weighted by atomic mass is 19.1. The fraction of sp³-hybridized carbons (Fsp3) is 0.429. The van der Waals surface area contributed by atoms with Crippen molar-refractivity contribution in [1.29, 1.82) is 0 Å². The van der Waals surface area contributed by atoms with Crippen LogP contribution in [0.25, 0.3) is 0 Å². The average molecular weight is 385 g/mol. The van der Waals surface area contributed by atoms with Gasteiger partial charge in [-0.05, 0) is 43.5 Å². The lowest BCUT2D eigenvalue weighted by Crippen LogP contribution is -2.45. The van der Waals surface area contributed by atoms with Crippen molar-refractivity contribution in [2.75, 3.05) is 24.5 Å². The van der Waals surface area contributed by atoms with Gasteiger partial charge < -0.3 is 15.5 Å². The SMILES string of the molecule is CCN=C(NC1CCN(c2ncccc2F)C1)NC1CC1c1ccccc1F. The number of nitrogens with one attached hydrogen (secondary N) is 2. The molecule has 1 saturated carbocycles. The molecule has 1 saturated heterocycles. The van der Waals surface area contributed by atoms with Gasteiger partial charge in [-0.3, -0.25) is 4.99 Å². The third-order valence-corrected chi connectivity index (χ3v) is 5.30. The monoisotopic (exact) mass is 385 g/mol. The molecule has 28 heavy (non-hydrogen) atoms. The van der Waals surface area contributed by atoms with Gasteiger partial charge in [0.2, 0.25) is 0 Å². The Bertz CT molecular complexity index is 856. The number of hydrogen-bond acceptors (Lipinski definition) is 3. The summed E-state index contributed by atoms with van der Waals surface area (Å²) in [6.45, 7) is 4.04. The van der Waals surface area contributed by atoms with Crippen LogP contribution in [0.1, 0.15) is 31.2 Å². The van der Waals surface area contributed by atoms with E-state index in [2.05, 4.69) is 20.6 Å². The quantitative estimate of drug-likeness (QED) is 0.614. The van der Waals surface area contributed by atoms with Crippen molar-refractivity contribution in [2.45, 2.75) is 37.8 Å². The van der Waals surface area contributed by atoms with Gasteiger partial charge >= 0.3 is 0 Å². The summed E-state index contributed by atoms with van der Waals surface area (Å²) in [5.41, 5.74) is 0.758. The maximum Gasteiger partial charge on any atom is 0.191 e. The molecule has 2 N–H and O–H groups in total. The zero-order chi connectivity index (χ0) is 19.5. The van der Waals surface area contributed by atoms with Crippen LogP contribution in [0.15, 0.2) is 47.6 Å². The molecule has 0 spiro atoms. The van der Waals surface area contributed by atoms with Crippen molar-refractivity contribution in [1.82, 2.24) is 15.6 Å². The van der Waals surface area contributed by atoms with Gasteiger partial charge in [-0.2, -0.15) is 0 Å². The second-order valence-electron chi connectivity index (χ2n) is 7.32. The molecule has 2 heterocycles. The van der Waals surface area contributed by atoms with Crippen LogP contribution in [0.2, 0.25) is 0 Å². The summed E-state index contributed by atoms with van der Waals surface area (Å²) in [6, 6.07) is 10.3. The number of aromatic nitrogens is 1. The van der Waals surface area contributed by atoms with E-state index in [0.717, 1.165) is 30.9 Å². The molecule has 2 fully saturated rings. The maximum absolute atomic E-state index is 14.0. The lowest BCUT2D eigenvalue weighted by Gasteiger charge is -2.20. The van der Waals surface area contributed by atoms with E-state index in [9.17, 15) is 8.78 Å². The smallest absolute Gasteiger partial charge is 0.191 e. The maximum atomic E-state index is 14.0. The van der Waals surface area contributed by atoms with E-state index in [1.54, 1.807) is 18.3 Å². The van der Waals surface area contributed by atoms with Gasteiger partial charge in [0.15, 0.2) is 17.6 Å². The first kappa shape index (κ1) is 18.7. The van der Waals surface area contributed by atoms with E-state index in [1.807, 2.05) is 24.0 Å². The van der Waals surface area contributed by atoms with E-state index in [0.29, 0.717) is 18.9 Å². The number of rotatable bonds is 5. The molecule has 4 rings (SSSR count). The Hall–Kier alpha value is -2.70. The van der Waals surface area contributed by atoms with Gasteiger partial charge in [0.05, 0.1) is 0 Å². The normalized spacial score (nSPS) is 24.3. The van der Waals surface area contributed by atoms with Gasteiger partial charge in [0.25, 0.3) is 0 Å². The van der Waals surface area contributed by atoms with E-state index in [-0.39, 0.29) is 29.6 Å². The Balaban J connectivity index is 1.35. The van der Waals surface area contributed by atoms with E-state index < -0.39 is 0 Å². The molecule has 0 amide bonds. The fourth-order valence-electron chi connectivity index (χ4n) is 3.81. The Morgan fingerprint density at radius 3 is 2.79 bits per heavy atom. The predicted molar refractivity (Wildman–Crippen MR) is 107 cm³/mol. The summed E-state index contributed by atoms with van der Waals surface area (Å²) in [5, 5.41) is 6.87. The van der Waals surface area contributed by atoms with Gasteiger partial charge in [-0.1, -0.05) is 18.2 Å². The molecule has 0 bridgehead atoms. The molecule has 2 aliphatic rings. The number of aliphatic imine (C=N–C) groups is 1. The van der Waals surface area contributed by atoms with Crippen LogP contribution in [0.4, 0.5) is 14.6 Å². The molecule has 3 atom stereocenters. The number of halogens is 2. The number of benzene rings is 1. The molecular weight excluding hydrogens is 360 g/mol. The van der Waals surface area contributed by atoms with E-state index >= 15 is 0 Å². The summed E-state index contributed by atoms with van der Waals surface area (Å²) >= 11 is 0. The highest BCUT2D eigenvalue weighted by Crippen LogP contribution is 2.41. The van der Waals surface area contributed by atoms with Crippen LogP contribution >= 0.6 is 0 Å². The van der Waals surface area contributed by atoms with Gasteiger partial charge in [0, 0.05) is 43.8 Å². The zero-order valence-corrected chi connectivity index (χ0v) is 15.9. The zero-order valence-electron chi connectivity index (χ0n) is 15.9. The second kappa shape index (κ2) is 8.12. The van der Waals surface area contributed by atoms with Gasteiger partial charge in [-0.15, -0.1) is 0 Å². The van der Waals surface area contributed by atoms with Crippen molar-refractivity contribution in [2.24, 2.45) is 4.99 Å². The summed E-state index contributed by atoms with van der Waals surface area (Å²) < 4.78 is 28.0. The van der Waals surface area contributed by atoms with Gasteiger partial charge in [-0.25, -0.2) is 13.8 Å². The summed E-state index contributed by atoms with van der Waals surface area (Å²) in [7, 11) is 0. The van der Waals surface area contributed by atoms with Crippen LogP contribution in [0.3, 0.4) is 0 Å². The number of hydrogen-bond donors (Lipinski definition) is 2. The van der Waals surface area contributed by atoms with Crippen LogP contribution in [0.5, 0.6) is 0 Å². The summed E-state index contributed by atoms with van der Waals surface area (Å²) in [6.07, 6.45) is 3.38. The topological polar surface area (TPSA) is 52.6 Å². The predicted octanol–water partition coefficient (Wildman–Crippen LogP) is 3.05. The molecule has 1 aromatic carbocycles. The standard InChI is InChI=1S/C21H25F2N5/c1-2-24-21(27-19-12-16(19)15-6-3-4-7-17(15)22)26-14-9-11-28(13-14)20-18(23)8-5-10-25-20/h3-8,10,14,16,19H,2,9,11-13H2,1H3,(H2,24,26,27). The highest BCUT2D eigenvalue weighted by molar-refractivity contribution is 5.81.